The van der Waals surface area contributed by atoms with Crippen LogP contribution in [0.25, 0.3) is 0 Å². The molecule has 0 spiro atoms. The summed E-state index contributed by atoms with van der Waals surface area (Å²) in [6, 6.07) is 5.82. The fourth-order valence-electron chi connectivity index (χ4n) is 1.91. The zero-order valence-electron chi connectivity index (χ0n) is 12.5. The minimum absolute atomic E-state index is 0.0492. The molecule has 2 aromatic rings. The molecule has 1 aromatic carbocycles. The van der Waals surface area contributed by atoms with E-state index >= 15 is 0 Å². The van der Waals surface area contributed by atoms with Crippen molar-refractivity contribution in [1.29, 1.82) is 0 Å². The number of imidazole rings is 1. The van der Waals surface area contributed by atoms with Gasteiger partial charge in [0.1, 0.15) is 5.75 Å². The van der Waals surface area contributed by atoms with Crippen LogP contribution in [-0.4, -0.2) is 28.6 Å². The van der Waals surface area contributed by atoms with Gasteiger partial charge in [0.2, 0.25) is 0 Å². The molecule has 0 fully saturated rings. The first kappa shape index (κ1) is 15.1. The first-order valence-corrected chi connectivity index (χ1v) is 7.07. The predicted molar refractivity (Wildman–Crippen MR) is 81.3 cm³/mol. The molecule has 0 saturated carbocycles. The van der Waals surface area contributed by atoms with E-state index in [1.54, 1.807) is 12.5 Å². The Hall–Kier alpha value is -2.30. The van der Waals surface area contributed by atoms with Gasteiger partial charge in [0.25, 0.3) is 5.91 Å². The van der Waals surface area contributed by atoms with E-state index in [0.29, 0.717) is 6.54 Å². The Kier molecular flexibility index (Phi) is 5.37. The molecule has 0 saturated heterocycles. The monoisotopic (exact) mass is 287 g/mol. The number of nitrogens with zero attached hydrogens (tertiary/aromatic N) is 2. The molecule has 0 aliphatic heterocycles. The molecule has 0 aliphatic rings. The summed E-state index contributed by atoms with van der Waals surface area (Å²) in [6.07, 6.45) is 6.29. The molecule has 1 heterocycles. The van der Waals surface area contributed by atoms with Crippen LogP contribution in [0.4, 0.5) is 0 Å². The summed E-state index contributed by atoms with van der Waals surface area (Å²) in [5, 5.41) is 2.84. The van der Waals surface area contributed by atoms with Crippen molar-refractivity contribution in [3.8, 4) is 5.75 Å². The zero-order chi connectivity index (χ0) is 15.1. The second kappa shape index (κ2) is 7.47. The molecule has 0 aliphatic carbocycles. The van der Waals surface area contributed by atoms with E-state index in [9.17, 15) is 4.79 Å². The molecule has 2 rings (SSSR count). The summed E-state index contributed by atoms with van der Waals surface area (Å²) >= 11 is 0. The van der Waals surface area contributed by atoms with Crippen molar-refractivity contribution < 1.29 is 9.53 Å². The highest BCUT2D eigenvalue weighted by atomic mass is 16.5. The quantitative estimate of drug-likeness (QED) is 0.793. The number of rotatable bonds is 7. The maximum absolute atomic E-state index is 11.7. The van der Waals surface area contributed by atoms with E-state index in [2.05, 4.69) is 10.3 Å². The van der Waals surface area contributed by atoms with Crippen molar-refractivity contribution in [1.82, 2.24) is 14.9 Å². The van der Waals surface area contributed by atoms with Gasteiger partial charge in [-0.05, 0) is 43.5 Å². The maximum Gasteiger partial charge on any atom is 0.257 e. The third-order valence-electron chi connectivity index (χ3n) is 3.32. The minimum Gasteiger partial charge on any atom is -0.484 e. The van der Waals surface area contributed by atoms with E-state index in [1.807, 2.05) is 42.8 Å². The Bertz CT molecular complexity index is 579. The summed E-state index contributed by atoms with van der Waals surface area (Å²) in [5.74, 6) is 0.630. The summed E-state index contributed by atoms with van der Waals surface area (Å²) in [6.45, 7) is 5.60. The molecule has 0 unspecified atom stereocenters. The molecule has 1 N–H and O–H groups in total. The zero-order valence-corrected chi connectivity index (χ0v) is 12.5. The van der Waals surface area contributed by atoms with Crippen LogP contribution in [0.1, 0.15) is 17.5 Å². The van der Waals surface area contributed by atoms with Crippen molar-refractivity contribution in [2.45, 2.75) is 26.8 Å². The topological polar surface area (TPSA) is 56.1 Å². The van der Waals surface area contributed by atoms with Gasteiger partial charge in [-0.1, -0.05) is 6.07 Å². The van der Waals surface area contributed by atoms with Crippen molar-refractivity contribution in [2.75, 3.05) is 13.2 Å². The van der Waals surface area contributed by atoms with Crippen LogP contribution < -0.4 is 10.1 Å². The van der Waals surface area contributed by atoms with Crippen LogP contribution in [0.5, 0.6) is 5.75 Å². The average Bonchev–Trinajstić information content (AvgIpc) is 2.98. The second-order valence-electron chi connectivity index (χ2n) is 5.04. The Labute approximate surface area is 125 Å². The number of amides is 1. The fourth-order valence-corrected chi connectivity index (χ4v) is 1.91. The molecule has 21 heavy (non-hydrogen) atoms. The summed E-state index contributed by atoms with van der Waals surface area (Å²) in [5.41, 5.74) is 2.37. The maximum atomic E-state index is 11.7. The normalized spacial score (nSPS) is 10.4. The van der Waals surface area contributed by atoms with Gasteiger partial charge in [-0.25, -0.2) is 4.98 Å². The van der Waals surface area contributed by atoms with Gasteiger partial charge in [-0.3, -0.25) is 4.79 Å². The number of carbonyl (C=O) groups is 1. The molecular weight excluding hydrogens is 266 g/mol. The van der Waals surface area contributed by atoms with E-state index < -0.39 is 0 Å². The van der Waals surface area contributed by atoms with E-state index in [0.717, 1.165) is 24.3 Å². The largest absolute Gasteiger partial charge is 0.484 e. The molecule has 112 valence electrons. The number of benzene rings is 1. The molecule has 5 heteroatoms. The van der Waals surface area contributed by atoms with E-state index in [4.69, 9.17) is 4.74 Å². The SMILES string of the molecule is Cc1ccc(OCC(=O)NCCCn2ccnc2)cc1C. The first-order valence-electron chi connectivity index (χ1n) is 7.07. The molecule has 1 amide bonds. The third-order valence-corrected chi connectivity index (χ3v) is 3.32. The minimum atomic E-state index is -0.0983. The molecule has 5 nitrogen and oxygen atoms in total. The van der Waals surface area contributed by atoms with Gasteiger partial charge in [0, 0.05) is 25.5 Å². The van der Waals surface area contributed by atoms with Gasteiger partial charge in [-0.2, -0.15) is 0 Å². The standard InChI is InChI=1S/C16H21N3O2/c1-13-4-5-15(10-14(13)2)21-11-16(20)18-6-3-8-19-9-7-17-12-19/h4-5,7,9-10,12H,3,6,8,11H2,1-2H3,(H,18,20). The highest BCUT2D eigenvalue weighted by molar-refractivity contribution is 5.77. The second-order valence-corrected chi connectivity index (χ2v) is 5.04. The summed E-state index contributed by atoms with van der Waals surface area (Å²) in [7, 11) is 0. The fraction of sp³-hybridized carbons (Fsp3) is 0.375. The predicted octanol–water partition coefficient (Wildman–Crippen LogP) is 2.09. The molecule has 0 atom stereocenters. The highest BCUT2D eigenvalue weighted by Crippen LogP contribution is 2.16. The Morgan fingerprint density at radius 1 is 1.33 bits per heavy atom. The van der Waals surface area contributed by atoms with Crippen LogP contribution in [0.15, 0.2) is 36.9 Å². The van der Waals surface area contributed by atoms with Gasteiger partial charge in [0.15, 0.2) is 6.61 Å². The number of hydrogen-bond donors (Lipinski definition) is 1. The summed E-state index contributed by atoms with van der Waals surface area (Å²) < 4.78 is 7.46. The third kappa shape index (κ3) is 4.95. The van der Waals surface area contributed by atoms with Gasteiger partial charge in [-0.15, -0.1) is 0 Å². The lowest BCUT2D eigenvalue weighted by Gasteiger charge is -2.09. The van der Waals surface area contributed by atoms with Crippen LogP contribution in [0, 0.1) is 13.8 Å². The average molecular weight is 287 g/mol. The van der Waals surface area contributed by atoms with Crippen LogP contribution in [-0.2, 0) is 11.3 Å². The number of hydrogen-bond acceptors (Lipinski definition) is 3. The molecule has 0 bridgehead atoms. The first-order chi connectivity index (χ1) is 10.1. The van der Waals surface area contributed by atoms with Crippen LogP contribution in [0.2, 0.25) is 0 Å². The Morgan fingerprint density at radius 3 is 2.90 bits per heavy atom. The number of nitrogens with one attached hydrogen (secondary N) is 1. The lowest BCUT2D eigenvalue weighted by atomic mass is 10.1. The number of ether oxygens (including phenoxy) is 1. The highest BCUT2D eigenvalue weighted by Gasteiger charge is 2.03. The van der Waals surface area contributed by atoms with Crippen molar-refractivity contribution >= 4 is 5.91 Å². The van der Waals surface area contributed by atoms with Crippen LogP contribution in [0.3, 0.4) is 0 Å². The molecular formula is C16H21N3O2. The number of aromatic nitrogens is 2. The smallest absolute Gasteiger partial charge is 0.257 e. The van der Waals surface area contributed by atoms with Gasteiger partial charge in [0.05, 0.1) is 6.33 Å². The lowest BCUT2D eigenvalue weighted by Crippen LogP contribution is -2.30. The van der Waals surface area contributed by atoms with Crippen LogP contribution >= 0.6 is 0 Å². The summed E-state index contributed by atoms with van der Waals surface area (Å²) in [4.78, 5) is 15.6. The van der Waals surface area contributed by atoms with Crippen molar-refractivity contribution in [2.24, 2.45) is 0 Å². The van der Waals surface area contributed by atoms with Crippen molar-refractivity contribution in [3.05, 3.63) is 48.0 Å². The molecule has 0 radical (unpaired) electrons. The molecule has 1 aromatic heterocycles. The van der Waals surface area contributed by atoms with Gasteiger partial charge < -0.3 is 14.6 Å². The van der Waals surface area contributed by atoms with E-state index in [1.165, 1.54) is 5.56 Å². The number of aryl methyl sites for hydroxylation is 3. The number of carbonyl (C=O) groups excluding carboxylic acids is 1. The van der Waals surface area contributed by atoms with E-state index in [-0.39, 0.29) is 12.5 Å². The van der Waals surface area contributed by atoms with Gasteiger partial charge >= 0.3 is 0 Å². The lowest BCUT2D eigenvalue weighted by molar-refractivity contribution is -0.123. The Balaban J connectivity index is 1.64. The Morgan fingerprint density at radius 2 is 2.19 bits per heavy atom. The van der Waals surface area contributed by atoms with Crippen molar-refractivity contribution in [3.63, 3.8) is 0 Å².